The van der Waals surface area contributed by atoms with Gasteiger partial charge in [-0.05, 0) is 47.5 Å². The molecule has 7 nitrogen and oxygen atoms in total. The van der Waals surface area contributed by atoms with Crippen molar-refractivity contribution in [2.24, 2.45) is 0 Å². The Labute approximate surface area is 171 Å². The molecule has 8 heteroatoms. The van der Waals surface area contributed by atoms with E-state index in [0.717, 1.165) is 16.3 Å². The average Bonchev–Trinajstić information content (AvgIpc) is 2.70. The van der Waals surface area contributed by atoms with E-state index < -0.39 is 4.92 Å². The molecule has 0 aliphatic heterocycles. The van der Waals surface area contributed by atoms with Gasteiger partial charge in [0.1, 0.15) is 12.1 Å². The molecule has 0 aliphatic rings. The van der Waals surface area contributed by atoms with E-state index in [1.165, 1.54) is 6.33 Å². The number of halogens is 1. The Kier molecular flexibility index (Phi) is 4.97. The highest BCUT2D eigenvalue weighted by atomic mass is 35.5. The van der Waals surface area contributed by atoms with Crippen LogP contribution in [-0.2, 0) is 0 Å². The van der Waals surface area contributed by atoms with Crippen LogP contribution in [0.15, 0.2) is 67.0 Å². The van der Waals surface area contributed by atoms with Crippen molar-refractivity contribution in [2.75, 3.05) is 5.32 Å². The molecule has 0 aliphatic carbocycles. The van der Waals surface area contributed by atoms with Gasteiger partial charge in [0.05, 0.1) is 4.92 Å². The molecule has 1 aromatic heterocycles. The molecule has 0 amide bonds. The van der Waals surface area contributed by atoms with Crippen LogP contribution in [0.2, 0.25) is 5.02 Å². The van der Waals surface area contributed by atoms with E-state index in [2.05, 4.69) is 15.3 Å². The number of hydrogen-bond acceptors (Lipinski definition) is 6. The Bertz CT molecular complexity index is 1230. The molecule has 1 heterocycles. The predicted molar refractivity (Wildman–Crippen MR) is 112 cm³/mol. The quantitative estimate of drug-likeness (QED) is 0.321. The van der Waals surface area contributed by atoms with Gasteiger partial charge in [0.15, 0.2) is 0 Å². The zero-order valence-electron chi connectivity index (χ0n) is 15.3. The number of nitrogens with one attached hydrogen (secondary N) is 1. The largest absolute Gasteiger partial charge is 0.434 e. The molecule has 4 rings (SSSR count). The summed E-state index contributed by atoms with van der Waals surface area (Å²) in [5, 5.41) is 17.2. The van der Waals surface area contributed by atoms with Crippen LogP contribution in [0.5, 0.6) is 11.6 Å². The highest BCUT2D eigenvalue weighted by molar-refractivity contribution is 6.30. The van der Waals surface area contributed by atoms with E-state index >= 15 is 0 Å². The molecule has 0 unspecified atom stereocenters. The van der Waals surface area contributed by atoms with E-state index in [0.29, 0.717) is 16.5 Å². The highest BCUT2D eigenvalue weighted by Crippen LogP contribution is 2.37. The van der Waals surface area contributed by atoms with Crippen LogP contribution in [0, 0.1) is 17.0 Å². The zero-order valence-corrected chi connectivity index (χ0v) is 16.1. The molecule has 0 radical (unpaired) electrons. The summed E-state index contributed by atoms with van der Waals surface area (Å²) in [4.78, 5) is 19.2. The van der Waals surface area contributed by atoms with Crippen LogP contribution in [-0.4, -0.2) is 14.9 Å². The van der Waals surface area contributed by atoms with Gasteiger partial charge in [-0.2, -0.15) is 4.98 Å². The second kappa shape index (κ2) is 7.73. The van der Waals surface area contributed by atoms with Gasteiger partial charge in [0, 0.05) is 10.7 Å². The van der Waals surface area contributed by atoms with Crippen LogP contribution < -0.4 is 10.1 Å². The summed E-state index contributed by atoms with van der Waals surface area (Å²) in [6, 6.07) is 18.4. The van der Waals surface area contributed by atoms with Crippen molar-refractivity contribution in [1.82, 2.24) is 9.97 Å². The van der Waals surface area contributed by atoms with Crippen molar-refractivity contribution in [1.29, 1.82) is 0 Å². The molecule has 144 valence electrons. The van der Waals surface area contributed by atoms with Gasteiger partial charge in [0.2, 0.25) is 5.82 Å². The second-order valence-corrected chi connectivity index (χ2v) is 6.76. The van der Waals surface area contributed by atoms with Crippen LogP contribution in [0.1, 0.15) is 5.56 Å². The monoisotopic (exact) mass is 406 g/mol. The topological polar surface area (TPSA) is 90.2 Å². The minimum absolute atomic E-state index is 0.0196. The Morgan fingerprint density at radius 3 is 2.62 bits per heavy atom. The second-order valence-electron chi connectivity index (χ2n) is 6.33. The first-order chi connectivity index (χ1) is 14.0. The Balaban J connectivity index is 1.72. The van der Waals surface area contributed by atoms with Gasteiger partial charge >= 0.3 is 11.6 Å². The molecule has 0 atom stereocenters. The molecule has 0 fully saturated rings. The maximum Gasteiger partial charge on any atom is 0.373 e. The fourth-order valence-corrected chi connectivity index (χ4v) is 3.06. The van der Waals surface area contributed by atoms with Gasteiger partial charge < -0.3 is 10.1 Å². The van der Waals surface area contributed by atoms with E-state index in [1.807, 2.05) is 43.3 Å². The molecule has 0 spiro atoms. The lowest BCUT2D eigenvalue weighted by molar-refractivity contribution is -0.385. The number of rotatable bonds is 5. The molecule has 3 aromatic carbocycles. The number of hydrogen-bond donors (Lipinski definition) is 1. The fourth-order valence-electron chi connectivity index (χ4n) is 2.89. The molecule has 0 saturated heterocycles. The summed E-state index contributed by atoms with van der Waals surface area (Å²) in [7, 11) is 0. The third kappa shape index (κ3) is 3.95. The summed E-state index contributed by atoms with van der Waals surface area (Å²) >= 11 is 6.04. The van der Waals surface area contributed by atoms with Gasteiger partial charge in [-0.15, -0.1) is 0 Å². The number of aryl methyl sites for hydroxylation is 1. The maximum atomic E-state index is 11.8. The van der Waals surface area contributed by atoms with Crippen LogP contribution in [0.3, 0.4) is 0 Å². The molecule has 29 heavy (non-hydrogen) atoms. The van der Waals surface area contributed by atoms with E-state index in [-0.39, 0.29) is 17.4 Å². The maximum absolute atomic E-state index is 11.8. The van der Waals surface area contributed by atoms with Crippen molar-refractivity contribution in [3.8, 4) is 11.6 Å². The van der Waals surface area contributed by atoms with Crippen LogP contribution >= 0.6 is 11.6 Å². The number of nitrogens with zero attached hydrogens (tertiary/aromatic N) is 3. The SMILES string of the molecule is Cc1ccc(Cl)cc1Nc1ncnc(Oc2ccc3ccccc3c2)c1[N+](=O)[O-]. The summed E-state index contributed by atoms with van der Waals surface area (Å²) in [6.07, 6.45) is 1.21. The number of fused-ring (bicyclic) bond motifs is 1. The molecular formula is C21H15ClN4O3. The molecular weight excluding hydrogens is 392 g/mol. The lowest BCUT2D eigenvalue weighted by Gasteiger charge is -2.11. The fraction of sp³-hybridized carbons (Fsp3) is 0.0476. The minimum atomic E-state index is -0.571. The van der Waals surface area contributed by atoms with Crippen LogP contribution in [0.4, 0.5) is 17.2 Å². The third-order valence-corrected chi connectivity index (χ3v) is 4.59. The molecule has 1 N–H and O–H groups in total. The Hall–Kier alpha value is -3.71. The average molecular weight is 407 g/mol. The standard InChI is InChI=1S/C21H15ClN4O3/c1-13-6-8-16(22)11-18(13)25-20-19(26(27)28)21(24-12-23-20)29-17-9-7-14-4-2-3-5-15(14)10-17/h2-12H,1H3,(H,23,24,25). The molecule has 0 saturated carbocycles. The summed E-state index contributed by atoms with van der Waals surface area (Å²) < 4.78 is 5.75. The summed E-state index contributed by atoms with van der Waals surface area (Å²) in [6.45, 7) is 1.86. The summed E-state index contributed by atoms with van der Waals surface area (Å²) in [5.74, 6) is 0.309. The molecule has 4 aromatic rings. The number of aromatic nitrogens is 2. The van der Waals surface area contributed by atoms with E-state index in [4.69, 9.17) is 16.3 Å². The zero-order chi connectivity index (χ0) is 20.4. The highest BCUT2D eigenvalue weighted by Gasteiger charge is 2.25. The van der Waals surface area contributed by atoms with Crippen molar-refractivity contribution in [3.63, 3.8) is 0 Å². The third-order valence-electron chi connectivity index (χ3n) is 4.36. The number of anilines is 2. The Morgan fingerprint density at radius 2 is 1.83 bits per heavy atom. The first-order valence-electron chi connectivity index (χ1n) is 8.70. The van der Waals surface area contributed by atoms with E-state index in [9.17, 15) is 10.1 Å². The number of benzene rings is 3. The predicted octanol–water partition coefficient (Wildman–Crippen LogP) is 6.04. The van der Waals surface area contributed by atoms with Gasteiger partial charge in [-0.25, -0.2) is 4.98 Å². The van der Waals surface area contributed by atoms with E-state index in [1.54, 1.807) is 24.3 Å². The van der Waals surface area contributed by atoms with Crippen molar-refractivity contribution >= 4 is 39.6 Å². The van der Waals surface area contributed by atoms with Crippen molar-refractivity contribution < 1.29 is 9.66 Å². The minimum Gasteiger partial charge on any atom is -0.434 e. The first kappa shape index (κ1) is 18.6. The van der Waals surface area contributed by atoms with Gasteiger partial charge in [0.25, 0.3) is 0 Å². The van der Waals surface area contributed by atoms with Crippen molar-refractivity contribution in [3.05, 3.63) is 87.7 Å². The normalized spacial score (nSPS) is 10.7. The molecule has 0 bridgehead atoms. The lowest BCUT2D eigenvalue weighted by Crippen LogP contribution is -2.04. The van der Waals surface area contributed by atoms with Gasteiger partial charge in [-0.1, -0.05) is 48.0 Å². The number of nitro groups is 1. The van der Waals surface area contributed by atoms with Crippen LogP contribution in [0.25, 0.3) is 10.8 Å². The Morgan fingerprint density at radius 1 is 1.03 bits per heavy atom. The smallest absolute Gasteiger partial charge is 0.373 e. The lowest BCUT2D eigenvalue weighted by atomic mass is 10.1. The van der Waals surface area contributed by atoms with Crippen molar-refractivity contribution in [2.45, 2.75) is 6.92 Å². The summed E-state index contributed by atoms with van der Waals surface area (Å²) in [5.41, 5.74) is 1.11. The van der Waals surface area contributed by atoms with Gasteiger partial charge in [-0.3, -0.25) is 10.1 Å². The number of ether oxygens (including phenoxy) is 1. The first-order valence-corrected chi connectivity index (χ1v) is 9.08.